The zero-order valence-electron chi connectivity index (χ0n) is 11.1. The fraction of sp³-hybridized carbons (Fsp3) is 0.267. The summed E-state index contributed by atoms with van der Waals surface area (Å²) in [6.45, 7) is 4.47. The highest BCUT2D eigenvalue weighted by Gasteiger charge is 2.21. The van der Waals surface area contributed by atoms with Gasteiger partial charge in [0, 0.05) is 12.7 Å². The molecule has 1 aromatic heterocycles. The maximum absolute atomic E-state index is 12.9. The van der Waals surface area contributed by atoms with Gasteiger partial charge in [-0.15, -0.1) is 0 Å². The average Bonchev–Trinajstić information content (AvgIpc) is 2.94. The van der Waals surface area contributed by atoms with Gasteiger partial charge in [-0.25, -0.2) is 4.39 Å². The second kappa shape index (κ2) is 5.69. The fourth-order valence-corrected chi connectivity index (χ4v) is 2.13. The molecule has 0 spiro atoms. The first-order valence-corrected chi connectivity index (χ1v) is 6.33. The number of hydrogen-bond donors (Lipinski definition) is 1. The van der Waals surface area contributed by atoms with Crippen LogP contribution in [0.1, 0.15) is 35.9 Å². The molecule has 0 aliphatic heterocycles. The lowest BCUT2D eigenvalue weighted by Gasteiger charge is -2.28. The van der Waals surface area contributed by atoms with Crippen molar-refractivity contribution >= 4 is 5.91 Å². The molecule has 4 heteroatoms. The number of nitrogens with one attached hydrogen (secondary N) is 1. The third-order valence-electron chi connectivity index (χ3n) is 3.25. The van der Waals surface area contributed by atoms with E-state index in [1.54, 1.807) is 35.4 Å². The number of hydrogen-bond acceptors (Lipinski definition) is 1. The van der Waals surface area contributed by atoms with Crippen LogP contribution >= 0.6 is 0 Å². The lowest BCUT2D eigenvalue weighted by molar-refractivity contribution is 0.0697. The second-order valence-electron chi connectivity index (χ2n) is 4.40. The molecule has 0 radical (unpaired) electrons. The second-order valence-corrected chi connectivity index (χ2v) is 4.40. The number of carbonyl (C=O) groups is 1. The molecule has 1 amide bonds. The minimum absolute atomic E-state index is 0.0516. The Morgan fingerprint density at radius 2 is 2.00 bits per heavy atom. The molecule has 3 nitrogen and oxygen atoms in total. The first kappa shape index (κ1) is 13.3. The van der Waals surface area contributed by atoms with Gasteiger partial charge in [0.15, 0.2) is 0 Å². The van der Waals surface area contributed by atoms with E-state index in [0.29, 0.717) is 12.2 Å². The first-order valence-electron chi connectivity index (χ1n) is 6.33. The van der Waals surface area contributed by atoms with E-state index in [2.05, 4.69) is 4.98 Å². The highest BCUT2D eigenvalue weighted by molar-refractivity contribution is 5.92. The van der Waals surface area contributed by atoms with Crippen LogP contribution in [0.2, 0.25) is 0 Å². The Kier molecular flexibility index (Phi) is 4.00. The number of nitrogens with zero attached hydrogens (tertiary/aromatic N) is 1. The monoisotopic (exact) mass is 260 g/mol. The molecule has 1 atom stereocenters. The predicted octanol–water partition coefficient (Wildman–Crippen LogP) is 3.38. The van der Waals surface area contributed by atoms with Crippen molar-refractivity contribution in [2.24, 2.45) is 0 Å². The highest BCUT2D eigenvalue weighted by Crippen LogP contribution is 2.22. The molecule has 0 aliphatic rings. The molecule has 100 valence electrons. The summed E-state index contributed by atoms with van der Waals surface area (Å²) in [7, 11) is 0. The lowest BCUT2D eigenvalue weighted by Crippen LogP contribution is -2.33. The van der Waals surface area contributed by atoms with Crippen LogP contribution < -0.4 is 0 Å². The third-order valence-corrected chi connectivity index (χ3v) is 3.25. The Morgan fingerprint density at radius 1 is 1.32 bits per heavy atom. The van der Waals surface area contributed by atoms with E-state index in [0.717, 1.165) is 5.56 Å². The molecule has 1 N–H and O–H groups in total. The van der Waals surface area contributed by atoms with E-state index in [9.17, 15) is 9.18 Å². The maximum atomic E-state index is 12.9. The van der Waals surface area contributed by atoms with Crippen LogP contribution in [0.3, 0.4) is 0 Å². The topological polar surface area (TPSA) is 36.1 Å². The summed E-state index contributed by atoms with van der Waals surface area (Å²) in [4.78, 5) is 17.0. The number of aromatic nitrogens is 1. The molecule has 1 aromatic carbocycles. The van der Waals surface area contributed by atoms with Gasteiger partial charge in [0.25, 0.3) is 5.91 Å². The van der Waals surface area contributed by atoms with Crippen molar-refractivity contribution in [1.82, 2.24) is 9.88 Å². The molecule has 0 bridgehead atoms. The van der Waals surface area contributed by atoms with Crippen LogP contribution in [0.25, 0.3) is 0 Å². The van der Waals surface area contributed by atoms with E-state index in [4.69, 9.17) is 0 Å². The molecule has 19 heavy (non-hydrogen) atoms. The standard InChI is InChI=1S/C15H17FN2O/c1-3-18(15(19)14-5-4-10-17-14)11(2)12-6-8-13(16)9-7-12/h4-11,17H,3H2,1-2H3/t11-/m1/s1. The van der Waals surface area contributed by atoms with Gasteiger partial charge in [-0.2, -0.15) is 0 Å². The Bertz CT molecular complexity index is 534. The Hall–Kier alpha value is -2.10. The van der Waals surface area contributed by atoms with Gasteiger partial charge < -0.3 is 9.88 Å². The summed E-state index contributed by atoms with van der Waals surface area (Å²) in [6, 6.07) is 9.71. The molecule has 2 aromatic rings. The summed E-state index contributed by atoms with van der Waals surface area (Å²) in [5, 5.41) is 0. The van der Waals surface area contributed by atoms with Crippen molar-refractivity contribution in [3.8, 4) is 0 Å². The molecule has 0 saturated heterocycles. The zero-order valence-corrected chi connectivity index (χ0v) is 11.1. The van der Waals surface area contributed by atoms with Crippen molar-refractivity contribution in [3.63, 3.8) is 0 Å². The van der Waals surface area contributed by atoms with Crippen molar-refractivity contribution in [2.45, 2.75) is 19.9 Å². The number of carbonyl (C=O) groups excluding carboxylic acids is 1. The summed E-state index contributed by atoms with van der Waals surface area (Å²) in [5.74, 6) is -0.320. The normalized spacial score (nSPS) is 12.2. The van der Waals surface area contributed by atoms with Crippen LogP contribution in [0.15, 0.2) is 42.6 Å². The Balaban J connectivity index is 2.22. The summed E-state index contributed by atoms with van der Waals surface area (Å²) < 4.78 is 12.9. The van der Waals surface area contributed by atoms with Gasteiger partial charge in [0.1, 0.15) is 11.5 Å². The van der Waals surface area contributed by atoms with Gasteiger partial charge in [-0.05, 0) is 43.7 Å². The molecule has 0 aliphatic carbocycles. The molecule has 0 unspecified atom stereocenters. The molecule has 0 fully saturated rings. The van der Waals surface area contributed by atoms with Crippen LogP contribution in [-0.4, -0.2) is 22.3 Å². The van der Waals surface area contributed by atoms with E-state index >= 15 is 0 Å². The Morgan fingerprint density at radius 3 is 2.53 bits per heavy atom. The lowest BCUT2D eigenvalue weighted by atomic mass is 10.1. The summed E-state index contributed by atoms with van der Waals surface area (Å²) in [6.07, 6.45) is 1.73. The largest absolute Gasteiger partial charge is 0.357 e. The maximum Gasteiger partial charge on any atom is 0.270 e. The number of benzene rings is 1. The fourth-order valence-electron chi connectivity index (χ4n) is 2.13. The van der Waals surface area contributed by atoms with Gasteiger partial charge in [0.05, 0.1) is 6.04 Å². The smallest absolute Gasteiger partial charge is 0.270 e. The van der Waals surface area contributed by atoms with Gasteiger partial charge in [0.2, 0.25) is 0 Å². The number of amides is 1. The first-order chi connectivity index (χ1) is 9.13. The minimum atomic E-state index is -0.269. The van der Waals surface area contributed by atoms with Gasteiger partial charge in [-0.3, -0.25) is 4.79 Å². The van der Waals surface area contributed by atoms with Crippen LogP contribution in [0, 0.1) is 5.82 Å². The number of rotatable bonds is 4. The molecular weight excluding hydrogens is 243 g/mol. The Labute approximate surface area is 112 Å². The van der Waals surface area contributed by atoms with Gasteiger partial charge >= 0.3 is 0 Å². The number of aromatic amines is 1. The third kappa shape index (κ3) is 2.84. The molecule has 0 saturated carbocycles. The predicted molar refractivity (Wildman–Crippen MR) is 72.3 cm³/mol. The number of halogens is 1. The van der Waals surface area contributed by atoms with E-state index < -0.39 is 0 Å². The highest BCUT2D eigenvalue weighted by atomic mass is 19.1. The summed E-state index contributed by atoms with van der Waals surface area (Å²) >= 11 is 0. The van der Waals surface area contributed by atoms with E-state index in [1.165, 1.54) is 12.1 Å². The molecule has 2 rings (SSSR count). The molecular formula is C15H17FN2O. The van der Waals surface area contributed by atoms with Crippen LogP contribution in [0.5, 0.6) is 0 Å². The van der Waals surface area contributed by atoms with Crippen molar-refractivity contribution in [3.05, 3.63) is 59.7 Å². The van der Waals surface area contributed by atoms with Crippen LogP contribution in [-0.2, 0) is 0 Å². The van der Waals surface area contributed by atoms with Crippen molar-refractivity contribution in [1.29, 1.82) is 0 Å². The van der Waals surface area contributed by atoms with Gasteiger partial charge in [-0.1, -0.05) is 12.1 Å². The zero-order chi connectivity index (χ0) is 13.8. The van der Waals surface area contributed by atoms with Crippen molar-refractivity contribution in [2.75, 3.05) is 6.54 Å². The number of H-pyrrole nitrogens is 1. The quantitative estimate of drug-likeness (QED) is 0.898. The minimum Gasteiger partial charge on any atom is -0.357 e. The van der Waals surface area contributed by atoms with Crippen molar-refractivity contribution < 1.29 is 9.18 Å². The summed E-state index contributed by atoms with van der Waals surface area (Å²) in [5.41, 5.74) is 1.49. The molecule has 1 heterocycles. The SMILES string of the molecule is CCN(C(=O)c1ccc[nH]1)[C@H](C)c1ccc(F)cc1. The van der Waals surface area contributed by atoms with Crippen LogP contribution in [0.4, 0.5) is 4.39 Å². The average molecular weight is 260 g/mol. The van der Waals surface area contributed by atoms with E-state index in [-0.39, 0.29) is 17.8 Å². The van der Waals surface area contributed by atoms with E-state index in [1.807, 2.05) is 13.8 Å².